The number of ether oxygens (including phenoxy) is 5. The second kappa shape index (κ2) is 10.9. The molecule has 2 N–H and O–H groups in total. The molecule has 13 heteroatoms. The Morgan fingerprint density at radius 2 is 1.60 bits per heavy atom. The third-order valence-corrected chi connectivity index (χ3v) is 15.6. The Hall–Kier alpha value is -3.29. The molecule has 0 aromatic carbocycles. The molecule has 4 aliphatic carbocycles. The van der Waals surface area contributed by atoms with E-state index in [2.05, 4.69) is 0 Å². The second-order valence-electron chi connectivity index (χ2n) is 18.9. The minimum absolute atomic E-state index is 0.0115. The van der Waals surface area contributed by atoms with E-state index in [0.717, 1.165) is 0 Å². The minimum Gasteiger partial charge on any atom is -0.462 e. The number of aliphatic hydroxyl groups is 2. The smallest absolute Gasteiger partial charge is 0.336 e. The summed E-state index contributed by atoms with van der Waals surface area (Å²) in [5.41, 5.74) is -3.36. The minimum atomic E-state index is -1.08. The average molecular weight is 739 g/mol. The first kappa shape index (κ1) is 35.4. The Morgan fingerprint density at radius 1 is 0.943 bits per heavy atom. The predicted octanol–water partition coefficient (Wildman–Crippen LogP) is 3.24. The van der Waals surface area contributed by atoms with Crippen LogP contribution in [0.3, 0.4) is 0 Å². The zero-order valence-corrected chi connectivity index (χ0v) is 31.5. The first-order valence-corrected chi connectivity index (χ1v) is 19.3. The lowest BCUT2D eigenvalue weighted by Gasteiger charge is -2.64. The van der Waals surface area contributed by atoms with Gasteiger partial charge in [-0.15, -0.1) is 0 Å². The number of rotatable bonds is 5. The molecule has 288 valence electrons. The number of carbonyl (C=O) groups is 4. The van der Waals surface area contributed by atoms with Gasteiger partial charge in [0.15, 0.2) is 6.10 Å². The van der Waals surface area contributed by atoms with Crippen LogP contribution in [0.15, 0.2) is 15.3 Å². The highest BCUT2D eigenvalue weighted by atomic mass is 16.6. The number of carbonyl (C=O) groups excluding carboxylic acids is 4. The highest BCUT2D eigenvalue weighted by Crippen LogP contribution is 2.71. The van der Waals surface area contributed by atoms with Gasteiger partial charge >= 0.3 is 29.5 Å². The maximum Gasteiger partial charge on any atom is 0.336 e. The summed E-state index contributed by atoms with van der Waals surface area (Å²) < 4.78 is 36.1. The van der Waals surface area contributed by atoms with Crippen LogP contribution in [0, 0.1) is 51.8 Å². The molecule has 4 saturated heterocycles. The summed E-state index contributed by atoms with van der Waals surface area (Å²) in [7, 11) is 0. The Bertz CT molecular complexity index is 1890. The molecule has 4 aliphatic heterocycles. The standard InChI is InChI=1S/C40H50O13/c1-14(2)26-23-18(10-21(42)50-26)39(7)31-29(25(23)44)52-35(46)37(31,5)12-17(33(39)45)9-15(3)27-24-19(11-22(43)51-27)40(8)32-30(28(24)48-16(4)41)53-36(47)38(32,6)13-20-34(40)49-20/h11,14-15,17-18,20,23,25-26,28-34,44-45H,9-10,12-13H2,1-8H3/t15?,17?,18?,20-,23?,25-,26?,28-,29-,30-,31?,32?,33-,34-,37+,38+,39-,40-/m1/s1. The Labute approximate surface area is 307 Å². The van der Waals surface area contributed by atoms with Crippen molar-refractivity contribution in [3.8, 4) is 0 Å². The maximum atomic E-state index is 13.9. The molecule has 9 rings (SSSR count). The van der Waals surface area contributed by atoms with Crippen LogP contribution in [0.2, 0.25) is 0 Å². The number of fused-ring (bicyclic) bond motifs is 6. The lowest BCUT2D eigenvalue weighted by Crippen LogP contribution is -2.70. The Balaban J connectivity index is 1.14. The van der Waals surface area contributed by atoms with Crippen molar-refractivity contribution in [1.82, 2.24) is 0 Å². The first-order chi connectivity index (χ1) is 24.8. The van der Waals surface area contributed by atoms with E-state index in [1.165, 1.54) is 13.0 Å². The van der Waals surface area contributed by atoms with Gasteiger partial charge in [-0.1, -0.05) is 34.6 Å². The molecule has 0 spiro atoms. The molecule has 13 nitrogen and oxygen atoms in total. The van der Waals surface area contributed by atoms with Gasteiger partial charge in [-0.25, -0.2) is 4.79 Å². The van der Waals surface area contributed by atoms with E-state index in [1.54, 1.807) is 0 Å². The molecular formula is C40H50O13. The van der Waals surface area contributed by atoms with E-state index in [9.17, 15) is 34.2 Å². The highest BCUT2D eigenvalue weighted by molar-refractivity contribution is 5.82. The summed E-state index contributed by atoms with van der Waals surface area (Å²) in [6.07, 6.45) is -5.00. The van der Waals surface area contributed by atoms with Gasteiger partial charge in [0.2, 0.25) is 0 Å². The van der Waals surface area contributed by atoms with E-state index in [0.29, 0.717) is 17.5 Å². The highest BCUT2D eigenvalue weighted by Gasteiger charge is 2.78. The predicted molar refractivity (Wildman–Crippen MR) is 181 cm³/mol. The normalized spacial score (nSPS) is 50.4. The Morgan fingerprint density at radius 3 is 2.26 bits per heavy atom. The second-order valence-corrected chi connectivity index (χ2v) is 18.9. The van der Waals surface area contributed by atoms with Crippen LogP contribution < -0.4 is 5.63 Å². The van der Waals surface area contributed by atoms with E-state index in [4.69, 9.17) is 28.1 Å². The molecule has 8 aliphatic rings. The van der Waals surface area contributed by atoms with E-state index in [1.807, 2.05) is 48.5 Å². The maximum absolute atomic E-state index is 13.9. The number of hydrogen-bond acceptors (Lipinski definition) is 13. The van der Waals surface area contributed by atoms with Gasteiger partial charge in [-0.3, -0.25) is 19.2 Å². The third-order valence-electron chi connectivity index (χ3n) is 15.6. The van der Waals surface area contributed by atoms with Crippen molar-refractivity contribution in [1.29, 1.82) is 0 Å². The summed E-state index contributed by atoms with van der Waals surface area (Å²) in [5, 5.41) is 24.4. The molecule has 7 unspecified atom stereocenters. The molecule has 0 amide bonds. The number of cyclic esters (lactones) is 1. The van der Waals surface area contributed by atoms with Crippen molar-refractivity contribution in [3.05, 3.63) is 33.4 Å². The van der Waals surface area contributed by atoms with Gasteiger partial charge in [0.1, 0.15) is 24.1 Å². The molecule has 1 aromatic heterocycles. The van der Waals surface area contributed by atoms with Crippen molar-refractivity contribution in [2.45, 2.75) is 141 Å². The van der Waals surface area contributed by atoms with E-state index >= 15 is 0 Å². The van der Waals surface area contributed by atoms with Crippen LogP contribution in [0.5, 0.6) is 0 Å². The van der Waals surface area contributed by atoms with Crippen LogP contribution in [-0.2, 0) is 48.3 Å². The molecule has 18 atom stereocenters. The van der Waals surface area contributed by atoms with Crippen molar-refractivity contribution < 1.29 is 57.5 Å². The SMILES string of the molecule is CC(=O)O[C@@H]1c2c(cc(=O)oc2C(C)CC2C[C@]3(C)C(=O)O[C@H]4C3[C@@](C)(C3CC(=O)OC(C(C)C)C3[C@H]4O)[C@@H]2O)[C@]2(C)C3[C@@H]1OC(=O)[C@@]3(C)C[C@H]1O[C@H]12. The van der Waals surface area contributed by atoms with Crippen LogP contribution >= 0.6 is 0 Å². The topological polar surface area (TPSA) is 188 Å². The Kier molecular flexibility index (Phi) is 7.30. The van der Waals surface area contributed by atoms with Gasteiger partial charge < -0.3 is 38.3 Å². The van der Waals surface area contributed by atoms with Crippen molar-refractivity contribution in [2.24, 2.45) is 51.8 Å². The average Bonchev–Trinajstić information content (AvgIpc) is 3.73. The molecule has 3 saturated carbocycles. The van der Waals surface area contributed by atoms with Crippen LogP contribution in [0.25, 0.3) is 0 Å². The molecule has 53 heavy (non-hydrogen) atoms. The quantitative estimate of drug-likeness (QED) is 0.255. The summed E-state index contributed by atoms with van der Waals surface area (Å²) in [5.74, 6) is -4.82. The monoisotopic (exact) mass is 738 g/mol. The number of aliphatic hydroxyl groups excluding tert-OH is 2. The largest absolute Gasteiger partial charge is 0.462 e. The van der Waals surface area contributed by atoms with Crippen molar-refractivity contribution in [2.75, 3.05) is 0 Å². The first-order valence-electron chi connectivity index (χ1n) is 19.3. The van der Waals surface area contributed by atoms with Crippen LogP contribution in [0.4, 0.5) is 0 Å². The summed E-state index contributed by atoms with van der Waals surface area (Å²) in [4.78, 5) is 66.9. The van der Waals surface area contributed by atoms with Crippen LogP contribution in [0.1, 0.15) is 110 Å². The van der Waals surface area contributed by atoms with Gasteiger partial charge in [0, 0.05) is 59.5 Å². The van der Waals surface area contributed by atoms with Gasteiger partial charge in [-0.05, 0) is 56.4 Å². The zero-order chi connectivity index (χ0) is 38.1. The van der Waals surface area contributed by atoms with Crippen molar-refractivity contribution >= 4 is 23.9 Å². The fraction of sp³-hybridized carbons (Fsp3) is 0.775. The fourth-order valence-corrected chi connectivity index (χ4v) is 13.7. The van der Waals surface area contributed by atoms with Crippen LogP contribution in [-0.4, -0.2) is 76.8 Å². The van der Waals surface area contributed by atoms with E-state index in [-0.39, 0.29) is 43.1 Å². The molecule has 7 fully saturated rings. The zero-order valence-electron chi connectivity index (χ0n) is 31.5. The number of esters is 4. The lowest BCUT2D eigenvalue weighted by atomic mass is 9.41. The van der Waals surface area contributed by atoms with E-state index < -0.39 is 123 Å². The molecular weight excluding hydrogens is 688 g/mol. The van der Waals surface area contributed by atoms with Crippen molar-refractivity contribution in [3.63, 3.8) is 0 Å². The third kappa shape index (κ3) is 4.33. The van der Waals surface area contributed by atoms with Gasteiger partial charge in [0.05, 0.1) is 35.2 Å². The lowest BCUT2D eigenvalue weighted by molar-refractivity contribution is -0.258. The fourth-order valence-electron chi connectivity index (χ4n) is 13.7. The molecule has 1 aromatic rings. The molecule has 5 heterocycles. The van der Waals surface area contributed by atoms with Gasteiger partial charge in [-0.2, -0.15) is 0 Å². The molecule has 0 bridgehead atoms. The summed E-state index contributed by atoms with van der Waals surface area (Å²) in [6, 6.07) is 1.43. The summed E-state index contributed by atoms with van der Waals surface area (Å²) in [6.45, 7) is 14.6. The van der Waals surface area contributed by atoms with Gasteiger partial charge in [0.25, 0.3) is 0 Å². The number of hydrogen-bond donors (Lipinski definition) is 2. The molecule has 0 radical (unpaired) electrons. The summed E-state index contributed by atoms with van der Waals surface area (Å²) >= 11 is 0. The number of epoxide rings is 1.